The molecule has 112 valence electrons. The van der Waals surface area contributed by atoms with Gasteiger partial charge in [-0.2, -0.15) is 0 Å². The van der Waals surface area contributed by atoms with Gasteiger partial charge in [-0.15, -0.1) is 0 Å². The highest BCUT2D eigenvalue weighted by Crippen LogP contribution is 2.26. The van der Waals surface area contributed by atoms with E-state index in [1.807, 2.05) is 12.1 Å². The molecule has 1 fully saturated rings. The molecule has 1 aromatic heterocycles. The average molecular weight is 297 g/mol. The zero-order valence-corrected chi connectivity index (χ0v) is 12.7. The second-order valence-electron chi connectivity index (χ2n) is 5.34. The minimum atomic E-state index is -2.90. The molecular weight excluding hydrogens is 274 g/mol. The van der Waals surface area contributed by atoms with Gasteiger partial charge in [0.25, 0.3) is 0 Å². The maximum atomic E-state index is 11.7. The molecule has 20 heavy (non-hydrogen) atoms. The second-order valence-corrected chi connectivity index (χ2v) is 7.64. The van der Waals surface area contributed by atoms with E-state index < -0.39 is 9.84 Å². The van der Waals surface area contributed by atoms with Crippen LogP contribution in [0.3, 0.4) is 0 Å². The number of rotatable bonds is 4. The van der Waals surface area contributed by atoms with Crippen molar-refractivity contribution >= 4 is 9.84 Å². The molecule has 2 unspecified atom stereocenters. The Hall–Kier alpha value is -0.980. The number of nitrogens with zero attached hydrogens (tertiary/aromatic N) is 2. The van der Waals surface area contributed by atoms with E-state index >= 15 is 0 Å². The first-order chi connectivity index (χ1) is 9.53. The number of pyridine rings is 1. The summed E-state index contributed by atoms with van der Waals surface area (Å²) in [5, 5.41) is 0. The standard InChI is InChI=1S/C14H23N3O2S/c1-2-13(15)14(12-4-6-16-7-5-12)17-8-3-10-20(18,19)11-9-17/h4-7,13-14H,2-3,8-11,15H2,1H3. The van der Waals surface area contributed by atoms with Gasteiger partial charge in [-0.3, -0.25) is 9.88 Å². The molecule has 0 saturated carbocycles. The third-order valence-corrected chi connectivity index (χ3v) is 5.62. The number of hydrogen-bond donors (Lipinski definition) is 1. The molecule has 1 aliphatic rings. The van der Waals surface area contributed by atoms with E-state index in [4.69, 9.17) is 5.73 Å². The molecule has 2 N–H and O–H groups in total. The Kier molecular flexibility index (Phi) is 5.12. The van der Waals surface area contributed by atoms with E-state index in [0.29, 0.717) is 13.0 Å². The van der Waals surface area contributed by atoms with Crippen LogP contribution < -0.4 is 5.73 Å². The van der Waals surface area contributed by atoms with Crippen LogP contribution >= 0.6 is 0 Å². The topological polar surface area (TPSA) is 76.3 Å². The highest BCUT2D eigenvalue weighted by atomic mass is 32.2. The van der Waals surface area contributed by atoms with Crippen molar-refractivity contribution in [3.05, 3.63) is 30.1 Å². The highest BCUT2D eigenvalue weighted by molar-refractivity contribution is 7.91. The predicted molar refractivity (Wildman–Crippen MR) is 80.1 cm³/mol. The summed E-state index contributed by atoms with van der Waals surface area (Å²) in [6, 6.07) is 4.01. The third-order valence-electron chi connectivity index (χ3n) is 3.91. The van der Waals surface area contributed by atoms with Gasteiger partial charge in [-0.05, 0) is 37.1 Å². The van der Waals surface area contributed by atoms with Crippen molar-refractivity contribution < 1.29 is 8.42 Å². The van der Waals surface area contributed by atoms with Crippen LogP contribution in [0.1, 0.15) is 31.4 Å². The molecule has 2 atom stereocenters. The molecule has 6 heteroatoms. The molecule has 1 aromatic rings. The van der Waals surface area contributed by atoms with Crippen molar-refractivity contribution in [3.8, 4) is 0 Å². The second kappa shape index (κ2) is 6.65. The van der Waals surface area contributed by atoms with Crippen LogP contribution in [-0.4, -0.2) is 48.9 Å². The molecule has 0 spiro atoms. The summed E-state index contributed by atoms with van der Waals surface area (Å²) >= 11 is 0. The van der Waals surface area contributed by atoms with Crippen molar-refractivity contribution in [1.29, 1.82) is 0 Å². The smallest absolute Gasteiger partial charge is 0.151 e. The zero-order chi connectivity index (χ0) is 14.6. The fraction of sp³-hybridized carbons (Fsp3) is 0.643. The van der Waals surface area contributed by atoms with E-state index in [-0.39, 0.29) is 23.6 Å². The van der Waals surface area contributed by atoms with Crippen molar-refractivity contribution in [2.75, 3.05) is 24.6 Å². The van der Waals surface area contributed by atoms with Gasteiger partial charge in [-0.1, -0.05) is 6.92 Å². The summed E-state index contributed by atoms with van der Waals surface area (Å²) < 4.78 is 23.5. The Morgan fingerprint density at radius 3 is 2.65 bits per heavy atom. The molecule has 0 amide bonds. The molecule has 5 nitrogen and oxygen atoms in total. The monoisotopic (exact) mass is 297 g/mol. The fourth-order valence-electron chi connectivity index (χ4n) is 2.75. The molecule has 2 rings (SSSR count). The Bertz CT molecular complexity index is 518. The molecule has 1 saturated heterocycles. The van der Waals surface area contributed by atoms with Gasteiger partial charge < -0.3 is 5.73 Å². The van der Waals surface area contributed by atoms with Gasteiger partial charge in [-0.25, -0.2) is 8.42 Å². The maximum absolute atomic E-state index is 11.7. The average Bonchev–Trinajstić information content (AvgIpc) is 2.62. The first-order valence-corrected chi connectivity index (χ1v) is 8.95. The molecule has 0 bridgehead atoms. The maximum Gasteiger partial charge on any atom is 0.151 e. The normalized spacial score (nSPS) is 22.9. The Morgan fingerprint density at radius 2 is 2.00 bits per heavy atom. The van der Waals surface area contributed by atoms with Crippen LogP contribution in [0.15, 0.2) is 24.5 Å². The van der Waals surface area contributed by atoms with E-state index in [2.05, 4.69) is 16.8 Å². The zero-order valence-electron chi connectivity index (χ0n) is 11.9. The number of aromatic nitrogens is 1. The lowest BCUT2D eigenvalue weighted by Crippen LogP contribution is -2.42. The Morgan fingerprint density at radius 1 is 1.30 bits per heavy atom. The molecule has 0 aliphatic carbocycles. The lowest BCUT2D eigenvalue weighted by Gasteiger charge is -2.34. The number of sulfone groups is 1. The summed E-state index contributed by atoms with van der Waals surface area (Å²) in [4.78, 5) is 6.26. The van der Waals surface area contributed by atoms with Crippen LogP contribution in [-0.2, 0) is 9.84 Å². The van der Waals surface area contributed by atoms with E-state index in [1.165, 1.54) is 0 Å². The Balaban J connectivity index is 2.23. The van der Waals surface area contributed by atoms with Gasteiger partial charge in [0.2, 0.25) is 0 Å². The summed E-state index contributed by atoms with van der Waals surface area (Å²) in [7, 11) is -2.90. The summed E-state index contributed by atoms with van der Waals surface area (Å²) in [6.45, 7) is 3.40. The summed E-state index contributed by atoms with van der Waals surface area (Å²) in [5.41, 5.74) is 7.41. The lowest BCUT2D eigenvalue weighted by molar-refractivity contribution is 0.182. The number of hydrogen-bond acceptors (Lipinski definition) is 5. The van der Waals surface area contributed by atoms with Gasteiger partial charge in [0, 0.05) is 25.0 Å². The number of nitrogens with two attached hydrogens (primary N) is 1. The van der Waals surface area contributed by atoms with Crippen molar-refractivity contribution in [3.63, 3.8) is 0 Å². The molecule has 0 aromatic carbocycles. The van der Waals surface area contributed by atoms with Crippen LogP contribution in [0.4, 0.5) is 0 Å². The van der Waals surface area contributed by atoms with Gasteiger partial charge in [0.1, 0.15) is 0 Å². The largest absolute Gasteiger partial charge is 0.326 e. The molecule has 0 radical (unpaired) electrons. The van der Waals surface area contributed by atoms with Gasteiger partial charge in [0.05, 0.1) is 17.5 Å². The van der Waals surface area contributed by atoms with Crippen molar-refractivity contribution in [1.82, 2.24) is 9.88 Å². The summed E-state index contributed by atoms with van der Waals surface area (Å²) in [5.74, 6) is 0.513. The van der Waals surface area contributed by atoms with Crippen molar-refractivity contribution in [2.45, 2.75) is 31.8 Å². The fourth-order valence-corrected chi connectivity index (χ4v) is 4.03. The van der Waals surface area contributed by atoms with Crippen molar-refractivity contribution in [2.24, 2.45) is 5.73 Å². The quantitative estimate of drug-likeness (QED) is 0.896. The molecule has 2 heterocycles. The van der Waals surface area contributed by atoms with E-state index in [9.17, 15) is 8.42 Å². The van der Waals surface area contributed by atoms with Crippen LogP contribution in [0.2, 0.25) is 0 Å². The lowest BCUT2D eigenvalue weighted by atomic mass is 9.97. The third kappa shape index (κ3) is 3.77. The van der Waals surface area contributed by atoms with Crippen LogP contribution in [0.25, 0.3) is 0 Å². The summed E-state index contributed by atoms with van der Waals surface area (Å²) in [6.07, 6.45) is 5.06. The Labute approximate surface area is 121 Å². The SMILES string of the molecule is CCC(N)C(c1ccncc1)N1CCCS(=O)(=O)CC1. The first kappa shape index (κ1) is 15.4. The first-order valence-electron chi connectivity index (χ1n) is 7.13. The van der Waals surface area contributed by atoms with Crippen LogP contribution in [0.5, 0.6) is 0 Å². The minimum Gasteiger partial charge on any atom is -0.326 e. The van der Waals surface area contributed by atoms with Gasteiger partial charge in [0.15, 0.2) is 9.84 Å². The molecule has 1 aliphatic heterocycles. The van der Waals surface area contributed by atoms with E-state index in [1.54, 1.807) is 12.4 Å². The predicted octanol–water partition coefficient (Wildman–Crippen LogP) is 0.980. The van der Waals surface area contributed by atoms with E-state index in [0.717, 1.165) is 18.5 Å². The van der Waals surface area contributed by atoms with Crippen LogP contribution in [0, 0.1) is 0 Å². The van der Waals surface area contributed by atoms with Gasteiger partial charge >= 0.3 is 0 Å². The minimum absolute atomic E-state index is 0.00166. The highest BCUT2D eigenvalue weighted by Gasteiger charge is 2.29. The molecular formula is C14H23N3O2S.